The van der Waals surface area contributed by atoms with E-state index in [0.717, 1.165) is 38.2 Å². The van der Waals surface area contributed by atoms with Crippen LogP contribution in [-0.2, 0) is 0 Å². The van der Waals surface area contributed by atoms with Crippen LogP contribution in [0.5, 0.6) is 0 Å². The quantitative estimate of drug-likeness (QED) is 0.169. The van der Waals surface area contributed by atoms with E-state index in [-0.39, 0.29) is 51.7 Å². The molecule has 2 heterocycles. The van der Waals surface area contributed by atoms with Crippen LogP contribution in [0.2, 0.25) is 0 Å². The number of nitrogens with zero attached hydrogens (tertiary/aromatic N) is 3. The summed E-state index contributed by atoms with van der Waals surface area (Å²) in [7, 11) is 0. The molecular weight excluding hydrogens is 695 g/mol. The van der Waals surface area contributed by atoms with Gasteiger partial charge in [-0.05, 0) is 118 Å². The highest BCUT2D eigenvalue weighted by Gasteiger charge is 2.48. The summed E-state index contributed by atoms with van der Waals surface area (Å²) in [4.78, 5) is 13.4. The van der Waals surface area contributed by atoms with Gasteiger partial charge in [-0.25, -0.2) is 15.0 Å². The number of hydrogen-bond acceptors (Lipinski definition) is 4. The van der Waals surface area contributed by atoms with E-state index in [2.05, 4.69) is 15.0 Å². The zero-order valence-corrected chi connectivity index (χ0v) is 29.7. The van der Waals surface area contributed by atoms with Crippen LogP contribution in [-0.4, -0.2) is 15.0 Å². The summed E-state index contributed by atoms with van der Waals surface area (Å²) < 4.78 is 231. The van der Waals surface area contributed by atoms with Gasteiger partial charge in [-0.2, -0.15) is 0 Å². The fraction of sp³-hybridized carbons (Fsp3) is 0.189. The number of rotatable bonds is 6. The van der Waals surface area contributed by atoms with Crippen molar-refractivity contribution in [2.24, 2.45) is 23.7 Å². The van der Waals surface area contributed by atoms with Crippen molar-refractivity contribution in [1.82, 2.24) is 15.0 Å². The molecule has 274 valence electrons. The van der Waals surface area contributed by atoms with Crippen molar-refractivity contribution in [1.29, 1.82) is 0 Å². The molecule has 4 nitrogen and oxygen atoms in total. The van der Waals surface area contributed by atoms with Crippen molar-refractivity contribution in [2.45, 2.75) is 38.0 Å². The third-order valence-electron chi connectivity index (χ3n) is 11.5. The summed E-state index contributed by atoms with van der Waals surface area (Å²) >= 11 is 0. The summed E-state index contributed by atoms with van der Waals surface area (Å²) in [5.74, 6) is -1.28. The zero-order chi connectivity index (χ0) is 59.2. The Labute approximate surface area is 367 Å². The molecule has 4 aliphatic carbocycles. The van der Waals surface area contributed by atoms with Gasteiger partial charge >= 0.3 is 0 Å². The first kappa shape index (κ1) is 16.6. The van der Waals surface area contributed by atoms with E-state index in [0.29, 0.717) is 11.8 Å². The summed E-state index contributed by atoms with van der Waals surface area (Å²) in [6.07, 6.45) is 4.64. The molecule has 13 rings (SSSR count). The summed E-state index contributed by atoms with van der Waals surface area (Å²) in [5, 5.41) is -1.52. The monoisotopic (exact) mass is 760 g/mol. The van der Waals surface area contributed by atoms with E-state index < -0.39 is 212 Å². The Bertz CT molecular complexity index is 4330. The highest BCUT2D eigenvalue weighted by atomic mass is 16.3. The van der Waals surface area contributed by atoms with Gasteiger partial charge in [-0.15, -0.1) is 0 Å². The Morgan fingerprint density at radius 3 is 1.65 bits per heavy atom. The van der Waals surface area contributed by atoms with Gasteiger partial charge in [0, 0.05) is 27.5 Å². The molecule has 0 amide bonds. The standard InChI is InChI=1S/C53H41N3O/c1-2-7-41-31-42(25-14-34(41)6-1)35-12-19-38(20-13-35)51-54-52(39-21-15-36(16-22-39)45-9-5-11-48-50(45)46-8-3-4-10-47(46)57-48)56-53(55-51)40-23-17-37(18-24-40)49-43-27-32-26-33(29-43)30-44(49)28-32/h1-25,31-33,43-44,49H,26-30H2/i1D,2D,3D,4D,5D,6D,7D,8D,10D,11D,12D,13D,14D,15D,16D,17D,18D,19D,20D,21D,22D,23D,24D,25D,31D. The van der Waals surface area contributed by atoms with Crippen LogP contribution < -0.4 is 0 Å². The molecule has 4 bridgehead atoms. The fourth-order valence-corrected chi connectivity index (χ4v) is 9.33. The van der Waals surface area contributed by atoms with Crippen LogP contribution in [0.25, 0.3) is 89.1 Å². The normalized spacial score (nSPS) is 27.3. The largest absolute Gasteiger partial charge is 0.456 e. The number of aromatic nitrogens is 3. The second kappa shape index (κ2) is 13.1. The molecule has 4 saturated carbocycles. The topological polar surface area (TPSA) is 51.8 Å². The maximum absolute atomic E-state index is 9.51. The maximum atomic E-state index is 9.51. The highest BCUT2D eigenvalue weighted by Crippen LogP contribution is 2.59. The first-order valence-electron chi connectivity index (χ1n) is 31.1. The number of hydrogen-bond donors (Lipinski definition) is 0. The third kappa shape index (κ3) is 5.69. The van der Waals surface area contributed by atoms with Gasteiger partial charge in [0.25, 0.3) is 0 Å². The Balaban J connectivity index is 1.12. The molecule has 2 aromatic heterocycles. The van der Waals surface area contributed by atoms with E-state index >= 15 is 0 Å². The molecule has 0 unspecified atom stereocenters. The van der Waals surface area contributed by atoms with Gasteiger partial charge in [-0.3, -0.25) is 0 Å². The molecule has 0 aliphatic heterocycles. The molecular formula is C53H41N3O. The van der Waals surface area contributed by atoms with Gasteiger partial charge in [0.05, 0.1) is 34.3 Å². The van der Waals surface area contributed by atoms with Crippen LogP contribution in [0, 0.1) is 23.7 Å². The first-order chi connectivity index (χ1) is 38.6. The van der Waals surface area contributed by atoms with Crippen molar-refractivity contribution < 1.29 is 38.7 Å². The minimum absolute atomic E-state index is 0.120. The first-order valence-corrected chi connectivity index (χ1v) is 18.6. The van der Waals surface area contributed by atoms with Gasteiger partial charge in [-0.1, -0.05) is 139 Å². The minimum Gasteiger partial charge on any atom is -0.456 e. The SMILES string of the molecule is [2H]c1cc(-c2c([2H])c([2H])c(-c3nc(-c4c([2H])c([2H])c(-c5c([2H])c([2H])c6c([2H])c([2H])c([2H])c([2H])c6c5[2H])c([2H])c4[2H])nc(-c4c([2H])c([2H])c(C5C6CC7CC(C6)CC5C7)c([2H])c4[2H])n3)c([2H])c2[2H])c2c(oc3c([2H])c([2H])c([2H])c([2H])c32)c1[2H]. The average molecular weight is 761 g/mol. The third-order valence-corrected chi connectivity index (χ3v) is 11.5. The summed E-state index contributed by atoms with van der Waals surface area (Å²) in [6, 6.07) is -17.5. The lowest BCUT2D eigenvalue weighted by Gasteiger charge is -2.54. The molecule has 0 atom stereocenters. The number of furan rings is 1. The summed E-state index contributed by atoms with van der Waals surface area (Å²) in [6.45, 7) is 0. The Kier molecular flexibility index (Phi) is 3.82. The fourth-order valence-electron chi connectivity index (χ4n) is 9.33. The van der Waals surface area contributed by atoms with Gasteiger partial charge < -0.3 is 4.42 Å². The zero-order valence-electron chi connectivity index (χ0n) is 54.7. The number of benzene rings is 7. The molecule has 0 spiro atoms. The predicted molar refractivity (Wildman–Crippen MR) is 232 cm³/mol. The van der Waals surface area contributed by atoms with Crippen molar-refractivity contribution >= 4 is 32.7 Å². The van der Waals surface area contributed by atoms with Crippen molar-refractivity contribution in [3.63, 3.8) is 0 Å². The van der Waals surface area contributed by atoms with Crippen LogP contribution in [0.15, 0.2) is 162 Å². The second-order valence-corrected chi connectivity index (χ2v) is 14.9. The van der Waals surface area contributed by atoms with E-state index in [1.807, 2.05) is 0 Å². The van der Waals surface area contributed by atoms with Gasteiger partial charge in [0.1, 0.15) is 11.2 Å². The Morgan fingerprint density at radius 2 is 0.982 bits per heavy atom. The van der Waals surface area contributed by atoms with Crippen molar-refractivity contribution in [3.05, 3.63) is 163 Å². The smallest absolute Gasteiger partial charge is 0.164 e. The van der Waals surface area contributed by atoms with E-state index in [4.69, 9.17) is 22.2 Å². The minimum atomic E-state index is -0.968. The molecule has 7 aromatic carbocycles. The lowest BCUT2D eigenvalue weighted by Crippen LogP contribution is -2.43. The van der Waals surface area contributed by atoms with Crippen LogP contribution in [0.1, 0.15) is 77.9 Å². The Hall–Kier alpha value is -6.39. The number of fused-ring (bicyclic) bond motifs is 4. The van der Waals surface area contributed by atoms with Crippen LogP contribution in [0.4, 0.5) is 0 Å². The molecule has 4 heteroatoms. The van der Waals surface area contributed by atoms with E-state index in [1.165, 1.54) is 0 Å². The molecule has 0 N–H and O–H groups in total. The van der Waals surface area contributed by atoms with Crippen LogP contribution >= 0.6 is 0 Å². The molecule has 9 aromatic rings. The summed E-state index contributed by atoms with van der Waals surface area (Å²) in [5.41, 5.74) is -4.83. The number of para-hydroxylation sites is 1. The molecule has 57 heavy (non-hydrogen) atoms. The lowest BCUT2D eigenvalue weighted by molar-refractivity contribution is -0.00277. The van der Waals surface area contributed by atoms with Gasteiger partial charge in [0.15, 0.2) is 17.5 Å². The van der Waals surface area contributed by atoms with E-state index in [9.17, 15) is 16.4 Å². The molecule has 0 saturated heterocycles. The Morgan fingerprint density at radius 1 is 0.456 bits per heavy atom. The average Bonchev–Trinajstić information content (AvgIpc) is 1.98. The van der Waals surface area contributed by atoms with Crippen LogP contribution in [0.3, 0.4) is 0 Å². The van der Waals surface area contributed by atoms with Crippen molar-refractivity contribution in [2.75, 3.05) is 0 Å². The second-order valence-electron chi connectivity index (χ2n) is 14.9. The lowest BCUT2D eigenvalue weighted by atomic mass is 9.51. The predicted octanol–water partition coefficient (Wildman–Crippen LogP) is 13.8. The highest BCUT2D eigenvalue weighted by molar-refractivity contribution is 6.12. The molecule has 4 fully saturated rings. The van der Waals surface area contributed by atoms with Gasteiger partial charge in [0.2, 0.25) is 0 Å². The molecule has 0 radical (unpaired) electrons. The maximum Gasteiger partial charge on any atom is 0.164 e. The molecule has 4 aliphatic rings. The van der Waals surface area contributed by atoms with E-state index in [1.54, 1.807) is 0 Å². The van der Waals surface area contributed by atoms with Crippen molar-refractivity contribution in [3.8, 4) is 56.4 Å².